The van der Waals surface area contributed by atoms with Crippen molar-refractivity contribution in [2.45, 2.75) is 31.6 Å². The Labute approximate surface area is 123 Å². The van der Waals surface area contributed by atoms with Crippen LogP contribution in [0.25, 0.3) is 0 Å². The summed E-state index contributed by atoms with van der Waals surface area (Å²) < 4.78 is 0. The summed E-state index contributed by atoms with van der Waals surface area (Å²) >= 11 is 1.83. The summed E-state index contributed by atoms with van der Waals surface area (Å²) in [5, 5.41) is 9.12. The molecule has 0 aliphatic carbocycles. The second-order valence-corrected chi connectivity index (χ2v) is 6.10. The zero-order valence-electron chi connectivity index (χ0n) is 11.5. The maximum Gasteiger partial charge on any atom is 0.326 e. The molecule has 0 radical (unpaired) electrons. The predicted octanol–water partition coefficient (Wildman–Crippen LogP) is 2.63. The van der Waals surface area contributed by atoms with Gasteiger partial charge in [-0.2, -0.15) is 11.8 Å². The highest BCUT2D eigenvalue weighted by molar-refractivity contribution is 7.98. The maximum atomic E-state index is 12.3. The largest absolute Gasteiger partial charge is 0.480 e. The summed E-state index contributed by atoms with van der Waals surface area (Å²) in [5.74, 6) is 0.915. The third-order valence-electron chi connectivity index (χ3n) is 3.47. The Bertz CT molecular complexity index is 486. The molecule has 0 bridgehead atoms. The maximum absolute atomic E-state index is 12.3. The molecule has 1 unspecified atom stereocenters. The van der Waals surface area contributed by atoms with E-state index in [1.165, 1.54) is 10.5 Å². The number of aliphatic carboxylic acids is 1. The summed E-state index contributed by atoms with van der Waals surface area (Å²) in [7, 11) is 0. The van der Waals surface area contributed by atoms with Crippen LogP contribution >= 0.6 is 11.8 Å². The van der Waals surface area contributed by atoms with Gasteiger partial charge in [0.05, 0.1) is 0 Å². The van der Waals surface area contributed by atoms with E-state index in [-0.39, 0.29) is 5.91 Å². The second-order valence-electron chi connectivity index (χ2n) is 4.83. The number of thioether (sulfide) groups is 1. The molecule has 108 valence electrons. The van der Waals surface area contributed by atoms with Crippen LogP contribution in [0, 0.1) is 0 Å². The van der Waals surface area contributed by atoms with Crippen molar-refractivity contribution in [1.29, 1.82) is 0 Å². The lowest BCUT2D eigenvalue weighted by Gasteiger charge is -2.21. The van der Waals surface area contributed by atoms with Crippen molar-refractivity contribution in [3.8, 4) is 0 Å². The first-order chi connectivity index (χ1) is 9.63. The molecule has 1 aliphatic heterocycles. The van der Waals surface area contributed by atoms with Crippen molar-refractivity contribution in [1.82, 2.24) is 4.90 Å². The zero-order valence-corrected chi connectivity index (χ0v) is 12.4. The highest BCUT2D eigenvalue weighted by atomic mass is 32.2. The lowest BCUT2D eigenvalue weighted by molar-refractivity contribution is -0.141. The molecule has 1 N–H and O–H groups in total. The van der Waals surface area contributed by atoms with Gasteiger partial charge in [0, 0.05) is 17.9 Å². The third kappa shape index (κ3) is 3.33. The highest BCUT2D eigenvalue weighted by Gasteiger charge is 2.34. The van der Waals surface area contributed by atoms with E-state index < -0.39 is 12.0 Å². The van der Waals surface area contributed by atoms with Crippen molar-refractivity contribution in [3.63, 3.8) is 0 Å². The predicted molar refractivity (Wildman–Crippen MR) is 80.0 cm³/mol. The number of carboxylic acid groups (broad SMARTS) is 1. The van der Waals surface area contributed by atoms with Crippen LogP contribution in [-0.2, 0) is 10.5 Å². The van der Waals surface area contributed by atoms with E-state index >= 15 is 0 Å². The molecule has 0 aromatic heterocycles. The molecule has 4 nitrogen and oxygen atoms in total. The van der Waals surface area contributed by atoms with Gasteiger partial charge in [-0.15, -0.1) is 0 Å². The number of benzene rings is 1. The highest BCUT2D eigenvalue weighted by Crippen LogP contribution is 2.21. The molecule has 5 heteroatoms. The van der Waals surface area contributed by atoms with Gasteiger partial charge < -0.3 is 10.0 Å². The van der Waals surface area contributed by atoms with Gasteiger partial charge in [-0.3, -0.25) is 4.79 Å². The van der Waals surface area contributed by atoms with Crippen LogP contribution < -0.4 is 0 Å². The fourth-order valence-corrected chi connectivity index (χ4v) is 3.03. The van der Waals surface area contributed by atoms with Crippen molar-refractivity contribution in [3.05, 3.63) is 35.4 Å². The smallest absolute Gasteiger partial charge is 0.326 e. The van der Waals surface area contributed by atoms with E-state index in [1.807, 2.05) is 23.9 Å². The number of nitrogens with zero attached hydrogens (tertiary/aromatic N) is 1. The van der Waals surface area contributed by atoms with E-state index in [0.717, 1.165) is 17.9 Å². The lowest BCUT2D eigenvalue weighted by Crippen LogP contribution is -2.40. The summed E-state index contributed by atoms with van der Waals surface area (Å²) in [6, 6.07) is 6.82. The standard InChI is InChI=1S/C15H19NO3S/c1-2-20-10-11-5-7-12(8-6-11)14(17)16-9-3-4-13(16)15(18)19/h5-8,13H,2-4,9-10H2,1H3,(H,18,19). The van der Waals surface area contributed by atoms with Gasteiger partial charge >= 0.3 is 5.97 Å². The van der Waals surface area contributed by atoms with Gasteiger partial charge in [-0.1, -0.05) is 19.1 Å². The van der Waals surface area contributed by atoms with E-state index in [9.17, 15) is 9.59 Å². The van der Waals surface area contributed by atoms with Gasteiger partial charge in [0.15, 0.2) is 0 Å². The minimum Gasteiger partial charge on any atom is -0.480 e. The molecule has 1 aromatic rings. The van der Waals surface area contributed by atoms with Crippen LogP contribution in [0.4, 0.5) is 0 Å². The van der Waals surface area contributed by atoms with Gasteiger partial charge in [0.2, 0.25) is 0 Å². The molecule has 1 aliphatic rings. The number of carboxylic acids is 1. The quantitative estimate of drug-likeness (QED) is 0.906. The Hall–Kier alpha value is -1.49. The second kappa shape index (κ2) is 6.79. The molecule has 0 saturated carbocycles. The van der Waals surface area contributed by atoms with Crippen LogP contribution in [0.15, 0.2) is 24.3 Å². The van der Waals surface area contributed by atoms with Crippen molar-refractivity contribution < 1.29 is 14.7 Å². The van der Waals surface area contributed by atoms with E-state index in [4.69, 9.17) is 5.11 Å². The van der Waals surface area contributed by atoms with Crippen LogP contribution in [0.1, 0.15) is 35.7 Å². The molecule has 1 heterocycles. The fraction of sp³-hybridized carbons (Fsp3) is 0.467. The number of rotatable bonds is 5. The van der Waals surface area contributed by atoms with Crippen molar-refractivity contribution >= 4 is 23.6 Å². The number of carbonyl (C=O) groups is 2. The average Bonchev–Trinajstić information content (AvgIpc) is 2.94. The molecule has 1 saturated heterocycles. The van der Waals surface area contributed by atoms with E-state index in [0.29, 0.717) is 18.5 Å². The van der Waals surface area contributed by atoms with Gasteiger partial charge in [-0.05, 0) is 36.3 Å². The summed E-state index contributed by atoms with van der Waals surface area (Å²) in [5.41, 5.74) is 1.76. The first kappa shape index (κ1) is 14.9. The SMILES string of the molecule is CCSCc1ccc(C(=O)N2CCCC2C(=O)O)cc1. The Kier molecular flexibility index (Phi) is 5.06. The minimum absolute atomic E-state index is 0.176. The van der Waals surface area contributed by atoms with Crippen molar-refractivity contribution in [2.24, 2.45) is 0 Å². The normalized spacial score (nSPS) is 18.2. The third-order valence-corrected chi connectivity index (χ3v) is 4.42. The van der Waals surface area contributed by atoms with Crippen LogP contribution in [-0.4, -0.2) is 40.2 Å². The summed E-state index contributed by atoms with van der Waals surface area (Å²) in [6.07, 6.45) is 1.31. The zero-order chi connectivity index (χ0) is 14.5. The number of carbonyl (C=O) groups excluding carboxylic acids is 1. The van der Waals surface area contributed by atoms with E-state index in [2.05, 4.69) is 6.92 Å². The first-order valence-corrected chi connectivity index (χ1v) is 7.99. The Morgan fingerprint density at radius 3 is 2.65 bits per heavy atom. The van der Waals surface area contributed by atoms with E-state index in [1.54, 1.807) is 12.1 Å². The lowest BCUT2D eigenvalue weighted by atomic mass is 10.1. The molecular formula is C15H19NO3S. The molecule has 0 spiro atoms. The molecule has 1 fully saturated rings. The Balaban J connectivity index is 2.07. The molecule has 1 atom stereocenters. The number of hydrogen-bond donors (Lipinski definition) is 1. The molecule has 1 aromatic carbocycles. The number of hydrogen-bond acceptors (Lipinski definition) is 3. The minimum atomic E-state index is -0.910. The topological polar surface area (TPSA) is 57.6 Å². The van der Waals surface area contributed by atoms with Crippen molar-refractivity contribution in [2.75, 3.05) is 12.3 Å². The first-order valence-electron chi connectivity index (χ1n) is 6.84. The van der Waals surface area contributed by atoms with Gasteiger partial charge in [0.1, 0.15) is 6.04 Å². The molecule has 20 heavy (non-hydrogen) atoms. The summed E-state index contributed by atoms with van der Waals surface area (Å²) in [4.78, 5) is 24.9. The molecule has 2 rings (SSSR count). The number of amides is 1. The van der Waals surface area contributed by atoms with Gasteiger partial charge in [0.25, 0.3) is 5.91 Å². The van der Waals surface area contributed by atoms with Crippen LogP contribution in [0.3, 0.4) is 0 Å². The van der Waals surface area contributed by atoms with Gasteiger partial charge in [-0.25, -0.2) is 4.79 Å². The fourth-order valence-electron chi connectivity index (χ4n) is 2.40. The average molecular weight is 293 g/mol. The number of likely N-dealkylation sites (tertiary alicyclic amines) is 1. The summed E-state index contributed by atoms with van der Waals surface area (Å²) in [6.45, 7) is 2.64. The van der Waals surface area contributed by atoms with Crippen LogP contribution in [0.5, 0.6) is 0 Å². The Morgan fingerprint density at radius 2 is 2.05 bits per heavy atom. The Morgan fingerprint density at radius 1 is 1.35 bits per heavy atom. The molecule has 1 amide bonds. The van der Waals surface area contributed by atoms with Crippen LogP contribution in [0.2, 0.25) is 0 Å². The molecular weight excluding hydrogens is 274 g/mol. The monoisotopic (exact) mass is 293 g/mol.